The molecule has 1 unspecified atom stereocenters. The van der Waals surface area contributed by atoms with Crippen molar-refractivity contribution in [1.82, 2.24) is 15.6 Å². The van der Waals surface area contributed by atoms with E-state index >= 15 is 0 Å². The monoisotopic (exact) mass is 285 g/mol. The van der Waals surface area contributed by atoms with E-state index in [-0.39, 0.29) is 5.91 Å². The highest BCUT2D eigenvalue weighted by Gasteiger charge is 2.17. The highest BCUT2D eigenvalue weighted by molar-refractivity contribution is 5.86. The number of carbonyl (C=O) groups is 1. The number of hydrogen-bond acceptors (Lipinski definition) is 2. The van der Waals surface area contributed by atoms with Gasteiger partial charge in [0.25, 0.3) is 0 Å². The van der Waals surface area contributed by atoms with E-state index in [1.807, 2.05) is 0 Å². The van der Waals surface area contributed by atoms with Gasteiger partial charge in [-0.1, -0.05) is 12.1 Å². The van der Waals surface area contributed by atoms with E-state index in [1.165, 1.54) is 28.5 Å². The van der Waals surface area contributed by atoms with Crippen LogP contribution in [0.4, 0.5) is 0 Å². The van der Waals surface area contributed by atoms with Gasteiger partial charge in [0.15, 0.2) is 0 Å². The van der Waals surface area contributed by atoms with Crippen LogP contribution in [0, 0.1) is 6.92 Å². The second-order valence-electron chi connectivity index (χ2n) is 5.91. The molecule has 1 aliphatic heterocycles. The van der Waals surface area contributed by atoms with Gasteiger partial charge in [-0.15, -0.1) is 0 Å². The largest absolute Gasteiger partial charge is 0.361 e. The van der Waals surface area contributed by atoms with Crippen LogP contribution in [0.25, 0.3) is 10.9 Å². The molecule has 112 valence electrons. The minimum absolute atomic E-state index is 0.158. The molecular formula is C17H23N3O. The number of benzene rings is 1. The number of carbonyl (C=O) groups excluding carboxylic acids is 1. The maximum Gasteiger partial charge on any atom is 0.221 e. The quantitative estimate of drug-likeness (QED) is 0.789. The molecule has 2 aromatic rings. The highest BCUT2D eigenvalue weighted by atomic mass is 16.1. The van der Waals surface area contributed by atoms with Crippen LogP contribution in [0.15, 0.2) is 24.4 Å². The molecule has 0 aliphatic carbocycles. The number of hydrogen-bond donors (Lipinski definition) is 3. The molecule has 2 heterocycles. The van der Waals surface area contributed by atoms with Crippen molar-refractivity contribution in [2.24, 2.45) is 0 Å². The molecule has 3 rings (SSSR count). The Morgan fingerprint density at radius 2 is 2.33 bits per heavy atom. The molecule has 0 spiro atoms. The molecule has 1 amide bonds. The first-order valence-corrected chi connectivity index (χ1v) is 7.79. The maximum atomic E-state index is 11.9. The van der Waals surface area contributed by atoms with Gasteiger partial charge in [0.05, 0.1) is 0 Å². The third-order valence-corrected chi connectivity index (χ3v) is 4.31. The summed E-state index contributed by atoms with van der Waals surface area (Å²) in [6.07, 6.45) is 5.84. The predicted molar refractivity (Wildman–Crippen MR) is 85.4 cm³/mol. The fraction of sp³-hybridized carbons (Fsp3) is 0.471. The third-order valence-electron chi connectivity index (χ3n) is 4.31. The topological polar surface area (TPSA) is 56.9 Å². The van der Waals surface area contributed by atoms with Gasteiger partial charge >= 0.3 is 0 Å². The standard InChI is InChI=1S/C17H23N3O/c1-12-4-2-6-15-17(12)13(11-20-15)7-9-19-16(21)10-14-5-3-8-18-14/h2,4,6,11,14,18,20H,3,5,7-10H2,1H3,(H,19,21). The van der Waals surface area contributed by atoms with Crippen LogP contribution in [-0.2, 0) is 11.2 Å². The van der Waals surface area contributed by atoms with Crippen molar-refractivity contribution < 1.29 is 4.79 Å². The summed E-state index contributed by atoms with van der Waals surface area (Å²) in [5, 5.41) is 7.69. The molecule has 0 radical (unpaired) electrons. The van der Waals surface area contributed by atoms with Crippen LogP contribution in [0.2, 0.25) is 0 Å². The van der Waals surface area contributed by atoms with Crippen LogP contribution in [0.3, 0.4) is 0 Å². The van der Waals surface area contributed by atoms with Crippen LogP contribution in [0.1, 0.15) is 30.4 Å². The van der Waals surface area contributed by atoms with Crippen LogP contribution >= 0.6 is 0 Å². The smallest absolute Gasteiger partial charge is 0.221 e. The Balaban J connectivity index is 1.53. The number of rotatable bonds is 5. The number of nitrogens with one attached hydrogen (secondary N) is 3. The van der Waals surface area contributed by atoms with E-state index < -0.39 is 0 Å². The van der Waals surface area contributed by atoms with Crippen molar-refractivity contribution in [2.45, 2.75) is 38.6 Å². The molecule has 4 heteroatoms. The Morgan fingerprint density at radius 3 is 3.14 bits per heavy atom. The number of aromatic nitrogens is 1. The van der Waals surface area contributed by atoms with Crippen molar-refractivity contribution in [3.63, 3.8) is 0 Å². The first-order chi connectivity index (χ1) is 10.2. The summed E-state index contributed by atoms with van der Waals surface area (Å²) in [5.41, 5.74) is 3.74. The fourth-order valence-electron chi connectivity index (χ4n) is 3.21. The average Bonchev–Trinajstić information content (AvgIpc) is 3.09. The lowest BCUT2D eigenvalue weighted by Gasteiger charge is -2.10. The summed E-state index contributed by atoms with van der Waals surface area (Å²) >= 11 is 0. The molecular weight excluding hydrogens is 262 g/mol. The minimum Gasteiger partial charge on any atom is -0.361 e. The summed E-state index contributed by atoms with van der Waals surface area (Å²) in [4.78, 5) is 15.2. The van der Waals surface area contributed by atoms with E-state index in [0.29, 0.717) is 19.0 Å². The zero-order valence-corrected chi connectivity index (χ0v) is 12.5. The summed E-state index contributed by atoms with van der Waals surface area (Å²) in [6, 6.07) is 6.66. The molecule has 3 N–H and O–H groups in total. The zero-order chi connectivity index (χ0) is 14.7. The summed E-state index contributed by atoms with van der Waals surface area (Å²) in [5.74, 6) is 0.158. The molecule has 0 saturated carbocycles. The number of aryl methyl sites for hydroxylation is 1. The van der Waals surface area contributed by atoms with Gasteiger partial charge in [-0.25, -0.2) is 0 Å². The Bertz CT molecular complexity index is 626. The Morgan fingerprint density at radius 1 is 1.43 bits per heavy atom. The van der Waals surface area contributed by atoms with Gasteiger partial charge in [0.2, 0.25) is 5.91 Å². The highest BCUT2D eigenvalue weighted by Crippen LogP contribution is 2.22. The summed E-state index contributed by atoms with van der Waals surface area (Å²) in [6.45, 7) is 3.88. The molecule has 1 fully saturated rings. The predicted octanol–water partition coefficient (Wildman–Crippen LogP) is 2.28. The molecule has 21 heavy (non-hydrogen) atoms. The van der Waals surface area contributed by atoms with Crippen molar-refractivity contribution in [3.8, 4) is 0 Å². The van der Waals surface area contributed by atoms with Crippen LogP contribution in [-0.4, -0.2) is 30.0 Å². The minimum atomic E-state index is 0.158. The first-order valence-electron chi connectivity index (χ1n) is 7.79. The van der Waals surface area contributed by atoms with E-state index in [2.05, 4.69) is 46.9 Å². The molecule has 0 bridgehead atoms. The zero-order valence-electron chi connectivity index (χ0n) is 12.5. The van der Waals surface area contributed by atoms with E-state index in [4.69, 9.17) is 0 Å². The lowest BCUT2D eigenvalue weighted by atomic mass is 10.1. The summed E-state index contributed by atoms with van der Waals surface area (Å²) in [7, 11) is 0. The Labute approximate surface area is 125 Å². The lowest BCUT2D eigenvalue weighted by molar-refractivity contribution is -0.121. The lowest BCUT2D eigenvalue weighted by Crippen LogP contribution is -2.32. The van der Waals surface area contributed by atoms with Crippen LogP contribution < -0.4 is 10.6 Å². The van der Waals surface area contributed by atoms with E-state index in [0.717, 1.165) is 19.4 Å². The van der Waals surface area contributed by atoms with Gasteiger partial charge in [0, 0.05) is 36.1 Å². The molecule has 1 saturated heterocycles. The van der Waals surface area contributed by atoms with Gasteiger partial charge in [-0.3, -0.25) is 4.79 Å². The molecule has 1 aromatic carbocycles. The van der Waals surface area contributed by atoms with Gasteiger partial charge in [-0.05, 0) is 49.9 Å². The third kappa shape index (κ3) is 3.27. The van der Waals surface area contributed by atoms with Gasteiger partial charge in [0.1, 0.15) is 0 Å². The van der Waals surface area contributed by atoms with E-state index in [9.17, 15) is 4.79 Å². The first kappa shape index (κ1) is 14.1. The van der Waals surface area contributed by atoms with Crippen molar-refractivity contribution in [2.75, 3.05) is 13.1 Å². The number of aromatic amines is 1. The van der Waals surface area contributed by atoms with Gasteiger partial charge in [-0.2, -0.15) is 0 Å². The molecule has 1 atom stereocenters. The second kappa shape index (κ2) is 6.31. The number of fused-ring (bicyclic) bond motifs is 1. The Kier molecular flexibility index (Phi) is 4.25. The molecule has 4 nitrogen and oxygen atoms in total. The molecule has 1 aromatic heterocycles. The SMILES string of the molecule is Cc1cccc2[nH]cc(CCNC(=O)CC3CCCN3)c12. The van der Waals surface area contributed by atoms with Crippen molar-refractivity contribution in [3.05, 3.63) is 35.5 Å². The van der Waals surface area contributed by atoms with E-state index in [1.54, 1.807) is 0 Å². The average molecular weight is 285 g/mol. The normalized spacial score (nSPS) is 18.2. The summed E-state index contributed by atoms with van der Waals surface area (Å²) < 4.78 is 0. The van der Waals surface area contributed by atoms with Crippen molar-refractivity contribution in [1.29, 1.82) is 0 Å². The molecule has 1 aliphatic rings. The maximum absolute atomic E-state index is 11.9. The Hall–Kier alpha value is -1.81. The second-order valence-corrected chi connectivity index (χ2v) is 5.91. The number of H-pyrrole nitrogens is 1. The van der Waals surface area contributed by atoms with Crippen molar-refractivity contribution >= 4 is 16.8 Å². The van der Waals surface area contributed by atoms with Crippen LogP contribution in [0.5, 0.6) is 0 Å². The fourth-order valence-corrected chi connectivity index (χ4v) is 3.21. The van der Waals surface area contributed by atoms with Gasteiger partial charge < -0.3 is 15.6 Å². The number of amides is 1.